The smallest absolute Gasteiger partial charge is 0.305 e. The molecule has 422 valence electrons. The summed E-state index contributed by atoms with van der Waals surface area (Å²) in [5.74, 6) is -0.0846. The Bertz CT molecular complexity index is 1210. The average molecular weight is 1010 g/mol. The molecule has 0 bridgehead atoms. The normalized spacial score (nSPS) is 12.9. The third-order valence-corrected chi connectivity index (χ3v) is 14.5. The highest BCUT2D eigenvalue weighted by Gasteiger charge is 2.18. The largest absolute Gasteiger partial charge is 0.466 e. The molecule has 3 N–H and O–H groups in total. The van der Waals surface area contributed by atoms with Crippen LogP contribution in [-0.4, -0.2) is 47.4 Å². The van der Waals surface area contributed by atoms with Crippen LogP contribution in [0.25, 0.3) is 0 Å². The summed E-state index contributed by atoms with van der Waals surface area (Å²) < 4.78 is 5.46. The fourth-order valence-corrected chi connectivity index (χ4v) is 9.67. The molecule has 2 atom stereocenters. The molecule has 2 unspecified atom stereocenters. The molecule has 0 aromatic carbocycles. The van der Waals surface area contributed by atoms with Gasteiger partial charge in [-0.1, -0.05) is 287 Å². The molecule has 0 radical (unpaired) electrons. The number of carbonyl (C=O) groups excluding carboxylic acids is 2. The Hall–Kier alpha value is -2.18. The lowest BCUT2D eigenvalue weighted by molar-refractivity contribution is -0.143. The van der Waals surface area contributed by atoms with Crippen LogP contribution in [0.1, 0.15) is 335 Å². The predicted molar refractivity (Wildman–Crippen MR) is 315 cm³/mol. The van der Waals surface area contributed by atoms with Crippen LogP contribution in [0.15, 0.2) is 48.6 Å². The second-order valence-electron chi connectivity index (χ2n) is 21.7. The topological polar surface area (TPSA) is 95.9 Å². The van der Waals surface area contributed by atoms with Crippen molar-refractivity contribution in [2.75, 3.05) is 13.2 Å². The van der Waals surface area contributed by atoms with Gasteiger partial charge in [0.05, 0.1) is 25.4 Å². The maximum atomic E-state index is 12.5. The number of nitrogens with one attached hydrogen (secondary N) is 1. The molecule has 0 heterocycles. The lowest BCUT2D eigenvalue weighted by atomic mass is 10.0. The first-order chi connectivity index (χ1) is 35.5. The molecule has 0 aromatic heterocycles. The average Bonchev–Trinajstić information content (AvgIpc) is 3.38. The van der Waals surface area contributed by atoms with Gasteiger partial charge in [0, 0.05) is 12.8 Å². The Kier molecular flexibility index (Phi) is 59.5. The molecule has 0 aliphatic heterocycles. The van der Waals surface area contributed by atoms with Crippen molar-refractivity contribution < 1.29 is 24.5 Å². The van der Waals surface area contributed by atoms with E-state index in [0.29, 0.717) is 19.4 Å². The van der Waals surface area contributed by atoms with E-state index >= 15 is 0 Å². The van der Waals surface area contributed by atoms with Crippen LogP contribution in [0.2, 0.25) is 0 Å². The molecule has 72 heavy (non-hydrogen) atoms. The maximum Gasteiger partial charge on any atom is 0.305 e. The van der Waals surface area contributed by atoms with Crippen LogP contribution >= 0.6 is 0 Å². The van der Waals surface area contributed by atoms with Gasteiger partial charge in [0.2, 0.25) is 5.91 Å². The molecular formula is C66H123NO5. The molecular weight excluding hydrogens is 887 g/mol. The van der Waals surface area contributed by atoms with E-state index in [1.54, 1.807) is 6.08 Å². The molecule has 0 spiro atoms. The molecule has 0 aliphatic rings. The summed E-state index contributed by atoms with van der Waals surface area (Å²) in [5.41, 5.74) is 0. The number of esters is 1. The van der Waals surface area contributed by atoms with Crippen LogP contribution in [-0.2, 0) is 14.3 Å². The van der Waals surface area contributed by atoms with Crippen molar-refractivity contribution >= 4 is 11.9 Å². The summed E-state index contributed by atoms with van der Waals surface area (Å²) in [5, 5.41) is 23.2. The zero-order chi connectivity index (χ0) is 52.2. The molecule has 0 saturated heterocycles. The zero-order valence-corrected chi connectivity index (χ0v) is 48.2. The van der Waals surface area contributed by atoms with Gasteiger partial charge >= 0.3 is 5.97 Å². The van der Waals surface area contributed by atoms with Crippen molar-refractivity contribution in [3.8, 4) is 0 Å². The number of rotatable bonds is 59. The van der Waals surface area contributed by atoms with Gasteiger partial charge in [-0.25, -0.2) is 0 Å². The Labute approximate surface area is 448 Å². The van der Waals surface area contributed by atoms with Gasteiger partial charge in [-0.2, -0.15) is 0 Å². The molecule has 0 aromatic rings. The van der Waals surface area contributed by atoms with Gasteiger partial charge in [-0.05, 0) is 83.5 Å². The number of amides is 1. The Balaban J connectivity index is 3.48. The highest BCUT2D eigenvalue weighted by atomic mass is 16.5. The highest BCUT2D eigenvalue weighted by Crippen LogP contribution is 2.17. The summed E-state index contributed by atoms with van der Waals surface area (Å²) in [6.45, 7) is 4.84. The maximum absolute atomic E-state index is 12.5. The monoisotopic (exact) mass is 1010 g/mol. The Morgan fingerprint density at radius 3 is 1.12 bits per heavy atom. The third-order valence-electron chi connectivity index (χ3n) is 14.5. The van der Waals surface area contributed by atoms with Crippen molar-refractivity contribution in [1.82, 2.24) is 5.32 Å². The number of hydrogen-bond acceptors (Lipinski definition) is 5. The third kappa shape index (κ3) is 57.1. The molecule has 1 amide bonds. The van der Waals surface area contributed by atoms with Crippen molar-refractivity contribution in [2.45, 2.75) is 347 Å². The van der Waals surface area contributed by atoms with E-state index in [4.69, 9.17) is 4.74 Å². The lowest BCUT2D eigenvalue weighted by Crippen LogP contribution is -2.45. The molecule has 0 aliphatic carbocycles. The van der Waals surface area contributed by atoms with Crippen LogP contribution < -0.4 is 5.32 Å². The first-order valence-electron chi connectivity index (χ1n) is 31.9. The van der Waals surface area contributed by atoms with Crippen LogP contribution in [0.3, 0.4) is 0 Å². The van der Waals surface area contributed by atoms with Crippen LogP contribution in [0, 0.1) is 0 Å². The van der Waals surface area contributed by atoms with Crippen molar-refractivity contribution in [3.63, 3.8) is 0 Å². The number of hydrogen-bond donors (Lipinski definition) is 3. The van der Waals surface area contributed by atoms with Crippen LogP contribution in [0.5, 0.6) is 0 Å². The van der Waals surface area contributed by atoms with Gasteiger partial charge in [0.25, 0.3) is 0 Å². The molecule has 6 nitrogen and oxygen atoms in total. The molecule has 0 saturated carbocycles. The van der Waals surface area contributed by atoms with E-state index in [0.717, 1.165) is 57.8 Å². The molecule has 0 rings (SSSR count). The number of unbranched alkanes of at least 4 members (excludes halogenated alkanes) is 42. The number of aliphatic hydroxyl groups excluding tert-OH is 2. The summed E-state index contributed by atoms with van der Waals surface area (Å²) in [7, 11) is 0. The van der Waals surface area contributed by atoms with Gasteiger partial charge in [0.15, 0.2) is 0 Å². The van der Waals surface area contributed by atoms with E-state index in [9.17, 15) is 19.8 Å². The van der Waals surface area contributed by atoms with Gasteiger partial charge in [0.1, 0.15) is 0 Å². The van der Waals surface area contributed by atoms with E-state index in [-0.39, 0.29) is 18.5 Å². The van der Waals surface area contributed by atoms with Crippen molar-refractivity contribution in [3.05, 3.63) is 48.6 Å². The van der Waals surface area contributed by atoms with Gasteiger partial charge < -0.3 is 20.3 Å². The van der Waals surface area contributed by atoms with E-state index in [2.05, 4.69) is 55.6 Å². The summed E-state index contributed by atoms with van der Waals surface area (Å²) in [6, 6.07) is -0.636. The lowest BCUT2D eigenvalue weighted by Gasteiger charge is -2.20. The first-order valence-corrected chi connectivity index (χ1v) is 31.9. The standard InChI is InChI=1S/C66H123NO5/c1-3-5-7-9-11-13-15-17-18-19-20-21-22-25-28-31-35-38-42-46-50-54-58-64(69)63(62-68)67-65(70)59-55-51-47-43-39-36-32-29-26-23-24-27-30-33-37-41-45-49-53-57-61-72-66(71)60-56-52-48-44-40-34-16-14-12-10-8-6-4-2/h8,10,14,16,23,26,54,58,63-64,68-69H,3-7,9,11-13,15,17-22,24-25,27-53,55-57,59-62H2,1-2H3,(H,67,70)/b10-8-,16-14-,26-23-,58-54+. The van der Waals surface area contributed by atoms with Gasteiger partial charge in [-0.15, -0.1) is 0 Å². The number of aliphatic hydroxyl groups is 2. The fourth-order valence-electron chi connectivity index (χ4n) is 9.67. The summed E-state index contributed by atoms with van der Waals surface area (Å²) >= 11 is 0. The Morgan fingerprint density at radius 1 is 0.389 bits per heavy atom. The van der Waals surface area contributed by atoms with E-state index < -0.39 is 12.1 Å². The first kappa shape index (κ1) is 69.8. The SMILES string of the molecule is CCC/C=C\C/C=C\CCCCCCCC(=O)OCCCCCCCCCCC/C=C\CCCCCCCCCC(=O)NC(CO)C(O)/C=C/CCCCCCCCCCCCCCCCCCCCCC. The predicted octanol–water partition coefficient (Wildman–Crippen LogP) is 20.1. The van der Waals surface area contributed by atoms with E-state index in [1.165, 1.54) is 250 Å². The molecule has 0 fully saturated rings. The minimum atomic E-state index is -0.852. The van der Waals surface area contributed by atoms with Crippen LogP contribution in [0.4, 0.5) is 0 Å². The minimum absolute atomic E-state index is 0.00991. The quantitative estimate of drug-likeness (QED) is 0.0320. The number of carbonyl (C=O) groups is 2. The van der Waals surface area contributed by atoms with Crippen molar-refractivity contribution in [2.24, 2.45) is 0 Å². The summed E-state index contributed by atoms with van der Waals surface area (Å²) in [6.07, 6.45) is 78.7. The minimum Gasteiger partial charge on any atom is -0.466 e. The number of ether oxygens (including phenoxy) is 1. The van der Waals surface area contributed by atoms with E-state index in [1.807, 2.05) is 6.08 Å². The second-order valence-corrected chi connectivity index (χ2v) is 21.7. The second kappa shape index (κ2) is 61.4. The summed E-state index contributed by atoms with van der Waals surface area (Å²) in [4.78, 5) is 24.5. The Morgan fingerprint density at radius 2 is 0.722 bits per heavy atom. The number of allylic oxidation sites excluding steroid dienone is 7. The van der Waals surface area contributed by atoms with Gasteiger partial charge in [-0.3, -0.25) is 9.59 Å². The fraction of sp³-hybridized carbons (Fsp3) is 0.848. The zero-order valence-electron chi connectivity index (χ0n) is 48.2. The molecule has 6 heteroatoms. The van der Waals surface area contributed by atoms with Crippen molar-refractivity contribution in [1.29, 1.82) is 0 Å². The highest BCUT2D eigenvalue weighted by molar-refractivity contribution is 5.76.